The molecule has 0 aromatic carbocycles. The van der Waals surface area contributed by atoms with Crippen LogP contribution in [-0.2, 0) is 0 Å². The average molecular weight is 173 g/mol. The van der Waals surface area contributed by atoms with Gasteiger partial charge in [-0.3, -0.25) is 4.79 Å². The fraction of sp³-hybridized carbons (Fsp3) is 0.500. The van der Waals surface area contributed by atoms with Crippen LogP contribution in [0.15, 0.2) is 4.42 Å². The second kappa shape index (κ2) is 2.30. The normalized spacial score (nSPS) is 16.8. The van der Waals surface area contributed by atoms with Crippen molar-refractivity contribution in [2.24, 2.45) is 0 Å². The molecule has 0 N–H and O–H groups in total. The minimum Gasteiger partial charge on any atom is -0.417 e. The lowest BCUT2D eigenvalue weighted by Crippen LogP contribution is -1.86. The fourth-order valence-electron chi connectivity index (χ4n) is 0.809. The number of carbonyl (C=O) groups excluding carboxylic acids is 1. The monoisotopic (exact) mass is 172 g/mol. The molecule has 58 valence electrons. The van der Waals surface area contributed by atoms with E-state index in [0.717, 1.165) is 12.8 Å². The largest absolute Gasteiger partial charge is 0.417 e. The van der Waals surface area contributed by atoms with E-state index in [-0.39, 0.29) is 5.89 Å². The minimum atomic E-state index is -0.690. The van der Waals surface area contributed by atoms with Crippen molar-refractivity contribution in [2.75, 3.05) is 0 Å². The summed E-state index contributed by atoms with van der Waals surface area (Å²) >= 11 is 5.11. The smallest absolute Gasteiger partial charge is 0.309 e. The van der Waals surface area contributed by atoms with Gasteiger partial charge in [0.25, 0.3) is 0 Å². The van der Waals surface area contributed by atoms with E-state index in [1.165, 1.54) is 0 Å². The van der Waals surface area contributed by atoms with Gasteiger partial charge in [-0.15, -0.1) is 10.2 Å². The number of nitrogens with zero attached hydrogens (tertiary/aromatic N) is 2. The molecule has 2 rings (SSSR count). The predicted molar refractivity (Wildman–Crippen MR) is 36.5 cm³/mol. The molecule has 0 amide bonds. The zero-order valence-electron chi connectivity index (χ0n) is 5.58. The van der Waals surface area contributed by atoms with E-state index in [1.54, 1.807) is 0 Å². The summed E-state index contributed by atoms with van der Waals surface area (Å²) in [6.07, 6.45) is 2.14. The molecule has 0 atom stereocenters. The van der Waals surface area contributed by atoms with E-state index < -0.39 is 5.24 Å². The SMILES string of the molecule is O=C(Cl)c1nnc(C2CC2)o1. The van der Waals surface area contributed by atoms with Crippen LogP contribution in [0, 0.1) is 0 Å². The quantitative estimate of drug-likeness (QED) is 0.632. The first-order valence-electron chi connectivity index (χ1n) is 3.30. The fourth-order valence-corrected chi connectivity index (χ4v) is 0.886. The maximum absolute atomic E-state index is 10.5. The van der Waals surface area contributed by atoms with Crippen molar-refractivity contribution in [3.05, 3.63) is 11.8 Å². The number of rotatable bonds is 2. The van der Waals surface area contributed by atoms with E-state index in [1.807, 2.05) is 0 Å². The van der Waals surface area contributed by atoms with Gasteiger partial charge in [-0.2, -0.15) is 0 Å². The van der Waals surface area contributed by atoms with Crippen molar-refractivity contribution in [3.63, 3.8) is 0 Å². The van der Waals surface area contributed by atoms with Crippen LogP contribution >= 0.6 is 11.6 Å². The Morgan fingerprint density at radius 3 is 2.73 bits per heavy atom. The molecule has 4 nitrogen and oxygen atoms in total. The van der Waals surface area contributed by atoms with Crippen molar-refractivity contribution in [2.45, 2.75) is 18.8 Å². The Balaban J connectivity index is 2.25. The van der Waals surface area contributed by atoms with Crippen molar-refractivity contribution < 1.29 is 9.21 Å². The van der Waals surface area contributed by atoms with Crippen molar-refractivity contribution in [1.82, 2.24) is 10.2 Å². The Bertz CT molecular complexity index is 293. The summed E-state index contributed by atoms with van der Waals surface area (Å²) in [5, 5.41) is 6.47. The zero-order valence-corrected chi connectivity index (χ0v) is 6.34. The minimum absolute atomic E-state index is 0.103. The molecule has 0 aliphatic heterocycles. The van der Waals surface area contributed by atoms with Gasteiger partial charge in [0.15, 0.2) is 0 Å². The highest BCUT2D eigenvalue weighted by molar-refractivity contribution is 6.67. The third-order valence-corrected chi connectivity index (χ3v) is 1.70. The predicted octanol–water partition coefficient (Wildman–Crippen LogP) is 1.33. The summed E-state index contributed by atoms with van der Waals surface area (Å²) in [5.74, 6) is 0.801. The Kier molecular flexibility index (Phi) is 1.42. The van der Waals surface area contributed by atoms with Gasteiger partial charge in [-0.1, -0.05) is 0 Å². The van der Waals surface area contributed by atoms with Gasteiger partial charge >= 0.3 is 11.1 Å². The van der Waals surface area contributed by atoms with Crippen LogP contribution in [0.1, 0.15) is 35.3 Å². The first kappa shape index (κ1) is 6.79. The third-order valence-electron chi connectivity index (χ3n) is 1.54. The molecule has 0 unspecified atom stereocenters. The van der Waals surface area contributed by atoms with Crippen LogP contribution in [0.5, 0.6) is 0 Å². The molecular weight excluding hydrogens is 168 g/mol. The van der Waals surface area contributed by atoms with E-state index >= 15 is 0 Å². The lowest BCUT2D eigenvalue weighted by Gasteiger charge is -1.81. The van der Waals surface area contributed by atoms with Crippen LogP contribution in [0.3, 0.4) is 0 Å². The summed E-state index contributed by atoms with van der Waals surface area (Å²) in [4.78, 5) is 10.5. The lowest BCUT2D eigenvalue weighted by atomic mass is 10.4. The Morgan fingerprint density at radius 2 is 2.27 bits per heavy atom. The van der Waals surface area contributed by atoms with Crippen molar-refractivity contribution in [3.8, 4) is 0 Å². The molecule has 11 heavy (non-hydrogen) atoms. The highest BCUT2D eigenvalue weighted by atomic mass is 35.5. The van der Waals surface area contributed by atoms with Gasteiger partial charge in [0, 0.05) is 5.92 Å². The van der Waals surface area contributed by atoms with Crippen molar-refractivity contribution >= 4 is 16.8 Å². The standard InChI is InChI=1S/C6H5ClN2O2/c7-4(10)6-9-8-5(11-6)3-1-2-3/h3H,1-2H2. The molecule has 0 bridgehead atoms. The Labute approximate surface area is 67.6 Å². The molecule has 1 aliphatic rings. The van der Waals surface area contributed by atoms with E-state index in [9.17, 15) is 4.79 Å². The molecule has 1 aromatic heterocycles. The highest BCUT2D eigenvalue weighted by Crippen LogP contribution is 2.38. The summed E-state index contributed by atoms with van der Waals surface area (Å²) in [6.45, 7) is 0. The van der Waals surface area contributed by atoms with Crippen molar-refractivity contribution in [1.29, 1.82) is 0 Å². The number of aromatic nitrogens is 2. The van der Waals surface area contributed by atoms with Crippen LogP contribution < -0.4 is 0 Å². The van der Waals surface area contributed by atoms with E-state index in [0.29, 0.717) is 11.8 Å². The number of halogens is 1. The number of hydrogen-bond donors (Lipinski definition) is 0. The highest BCUT2D eigenvalue weighted by Gasteiger charge is 2.30. The van der Waals surface area contributed by atoms with Gasteiger partial charge in [0.05, 0.1) is 0 Å². The average Bonchev–Trinajstić information content (AvgIpc) is 2.68. The zero-order chi connectivity index (χ0) is 7.84. The summed E-state index contributed by atoms with van der Waals surface area (Å²) in [7, 11) is 0. The van der Waals surface area contributed by atoms with Crippen LogP contribution in [0.2, 0.25) is 0 Å². The van der Waals surface area contributed by atoms with Gasteiger partial charge in [-0.25, -0.2) is 0 Å². The van der Waals surface area contributed by atoms with E-state index in [4.69, 9.17) is 16.0 Å². The molecule has 1 aliphatic carbocycles. The third kappa shape index (κ3) is 1.26. The first-order chi connectivity index (χ1) is 5.27. The molecule has 1 heterocycles. The molecule has 0 spiro atoms. The van der Waals surface area contributed by atoms with Crippen LogP contribution in [0.25, 0.3) is 0 Å². The summed E-state index contributed by atoms with van der Waals surface area (Å²) in [6, 6.07) is 0. The number of carbonyl (C=O) groups is 1. The summed E-state index contributed by atoms with van der Waals surface area (Å²) < 4.78 is 4.97. The number of hydrogen-bond acceptors (Lipinski definition) is 4. The Morgan fingerprint density at radius 1 is 1.55 bits per heavy atom. The molecule has 1 saturated carbocycles. The van der Waals surface area contributed by atoms with Crippen LogP contribution in [-0.4, -0.2) is 15.4 Å². The molecular formula is C6H5ClN2O2. The summed E-state index contributed by atoms with van der Waals surface area (Å²) in [5.41, 5.74) is 0. The molecule has 5 heteroatoms. The molecule has 1 aromatic rings. The van der Waals surface area contributed by atoms with Crippen LogP contribution in [0.4, 0.5) is 0 Å². The van der Waals surface area contributed by atoms with Gasteiger partial charge in [-0.05, 0) is 24.4 Å². The van der Waals surface area contributed by atoms with Gasteiger partial charge < -0.3 is 4.42 Å². The maximum Gasteiger partial charge on any atom is 0.309 e. The van der Waals surface area contributed by atoms with Gasteiger partial charge in [0.1, 0.15) is 0 Å². The maximum atomic E-state index is 10.5. The molecule has 1 fully saturated rings. The lowest BCUT2D eigenvalue weighted by molar-refractivity contribution is 0.105. The second-order valence-corrected chi connectivity index (χ2v) is 2.84. The van der Waals surface area contributed by atoms with Gasteiger partial charge in [0.2, 0.25) is 5.89 Å². The second-order valence-electron chi connectivity index (χ2n) is 2.49. The Hall–Kier alpha value is -0.900. The topological polar surface area (TPSA) is 56.0 Å². The molecule has 0 saturated heterocycles. The van der Waals surface area contributed by atoms with E-state index in [2.05, 4.69) is 10.2 Å². The molecule has 0 radical (unpaired) electrons. The first-order valence-corrected chi connectivity index (χ1v) is 3.68.